The Bertz CT molecular complexity index is 1170. The highest BCUT2D eigenvalue weighted by atomic mass is 19.6. The fraction of sp³-hybridized carbons (Fsp3) is 0.125. The van der Waals surface area contributed by atoms with Crippen LogP contribution in [-0.4, -0.2) is 22.7 Å². The standard InChI is InChI=1S/C22H16F3N2O3.C2H4O2/c23-27(24,25)17-10-11-20(30-14-15-6-2-1-3-7-15)16(12-17)13-26-21(28)18-8-4-5-9-19(18)22(26)29;1-2(3)4/h1-12H,13-14H2;1H3,(H,3,4)/q+1;/p-1. The van der Waals surface area contributed by atoms with Crippen molar-refractivity contribution in [2.75, 3.05) is 0 Å². The first-order valence-electron chi connectivity index (χ1n) is 9.99. The maximum atomic E-state index is 13.2. The van der Waals surface area contributed by atoms with Crippen molar-refractivity contribution in [2.45, 2.75) is 20.1 Å². The highest BCUT2D eigenvalue weighted by Crippen LogP contribution is 2.34. The third kappa shape index (κ3) is 5.78. The van der Waals surface area contributed by atoms with Gasteiger partial charge in [-0.25, -0.2) is 0 Å². The van der Waals surface area contributed by atoms with Gasteiger partial charge in [0.25, 0.3) is 22.7 Å². The number of hydrogen-bond donors (Lipinski definition) is 0. The predicted octanol–water partition coefficient (Wildman–Crippen LogP) is 3.78. The molecule has 0 N–H and O–H groups in total. The molecule has 2 amide bonds. The number of hydrogen-bond acceptors (Lipinski definition) is 5. The molecule has 7 nitrogen and oxygen atoms in total. The van der Waals surface area contributed by atoms with Gasteiger partial charge < -0.3 is 14.6 Å². The number of carbonyl (C=O) groups excluding carboxylic acids is 3. The van der Waals surface area contributed by atoms with Crippen molar-refractivity contribution in [1.82, 2.24) is 10.0 Å². The average molecular weight is 472 g/mol. The molecule has 0 unspecified atom stereocenters. The van der Waals surface area contributed by atoms with E-state index >= 15 is 0 Å². The number of carboxylic acid groups (broad SMARTS) is 1. The Morgan fingerprint density at radius 2 is 1.44 bits per heavy atom. The van der Waals surface area contributed by atoms with E-state index in [9.17, 15) is 23.0 Å². The monoisotopic (exact) mass is 472 g/mol. The zero-order chi connectivity index (χ0) is 24.9. The summed E-state index contributed by atoms with van der Waals surface area (Å²) in [5.41, 5.74) is 0.455. The smallest absolute Gasteiger partial charge is 0.279 e. The molecule has 0 saturated heterocycles. The molecule has 176 valence electrons. The number of amides is 2. The van der Waals surface area contributed by atoms with Gasteiger partial charge in [-0.1, -0.05) is 42.5 Å². The molecular formula is C24H19F3N2O5. The van der Waals surface area contributed by atoms with Crippen molar-refractivity contribution in [3.05, 3.63) is 95.1 Å². The third-order valence-corrected chi connectivity index (χ3v) is 4.78. The SMILES string of the molecule is CC(=O)[O-].O=C1c2ccccc2C(=O)N1Cc1cc([N+](F)(F)F)ccc1OCc1ccccc1. The first-order valence-corrected chi connectivity index (χ1v) is 9.99. The summed E-state index contributed by atoms with van der Waals surface area (Å²) in [6.45, 7) is 0.778. The molecule has 0 atom stereocenters. The number of carboxylic acids is 1. The number of fused-ring (bicyclic) bond motifs is 1. The summed E-state index contributed by atoms with van der Waals surface area (Å²) < 4.78 is 45.3. The van der Waals surface area contributed by atoms with Crippen LogP contribution in [-0.2, 0) is 17.9 Å². The van der Waals surface area contributed by atoms with Gasteiger partial charge in [0, 0.05) is 23.7 Å². The Hall–Kier alpha value is -4.18. The largest absolute Gasteiger partial charge is 0.550 e. The number of benzene rings is 3. The molecule has 0 fully saturated rings. The van der Waals surface area contributed by atoms with Crippen LogP contribution in [0.1, 0.15) is 38.8 Å². The maximum Gasteiger partial charge on any atom is 0.279 e. The van der Waals surface area contributed by atoms with E-state index in [4.69, 9.17) is 14.6 Å². The minimum atomic E-state index is -3.88. The summed E-state index contributed by atoms with van der Waals surface area (Å²) in [5, 5.41) is 5.01. The van der Waals surface area contributed by atoms with Crippen LogP contribution in [0.2, 0.25) is 0 Å². The Kier molecular flexibility index (Phi) is 7.32. The molecule has 0 radical (unpaired) electrons. The summed E-state index contributed by atoms with van der Waals surface area (Å²) in [6, 6.07) is 18.4. The second-order valence-corrected chi connectivity index (χ2v) is 7.25. The van der Waals surface area contributed by atoms with Gasteiger partial charge in [0.1, 0.15) is 12.4 Å². The highest BCUT2D eigenvalue weighted by molar-refractivity contribution is 6.21. The molecule has 0 bridgehead atoms. The van der Waals surface area contributed by atoms with Gasteiger partial charge >= 0.3 is 0 Å². The fourth-order valence-electron chi connectivity index (χ4n) is 3.28. The fourth-order valence-corrected chi connectivity index (χ4v) is 3.28. The molecule has 0 aromatic heterocycles. The molecule has 1 aliphatic heterocycles. The Morgan fingerprint density at radius 3 is 1.97 bits per heavy atom. The molecule has 34 heavy (non-hydrogen) atoms. The number of quaternary nitrogens is 1. The summed E-state index contributed by atoms with van der Waals surface area (Å²) in [6.07, 6.45) is 0. The second-order valence-electron chi connectivity index (χ2n) is 7.25. The lowest BCUT2D eigenvalue weighted by molar-refractivity contribution is -0.302. The average Bonchev–Trinajstić information content (AvgIpc) is 3.03. The molecule has 3 aromatic rings. The van der Waals surface area contributed by atoms with Crippen molar-refractivity contribution < 1.29 is 37.7 Å². The molecular weight excluding hydrogens is 453 g/mol. The van der Waals surface area contributed by atoms with Crippen LogP contribution in [0.5, 0.6) is 5.75 Å². The van der Waals surface area contributed by atoms with Crippen LogP contribution < -0.4 is 15.0 Å². The number of aliphatic carboxylic acids is 1. The van der Waals surface area contributed by atoms with E-state index in [1.54, 1.807) is 12.1 Å². The molecule has 0 aliphatic carbocycles. The van der Waals surface area contributed by atoms with Gasteiger partial charge in [-0.15, -0.1) is 0 Å². The Labute approximate surface area is 192 Å². The summed E-state index contributed by atoms with van der Waals surface area (Å²) >= 11 is 0. The lowest BCUT2D eigenvalue weighted by Gasteiger charge is -2.17. The van der Waals surface area contributed by atoms with Crippen molar-refractivity contribution in [3.63, 3.8) is 0 Å². The number of halogens is 3. The van der Waals surface area contributed by atoms with E-state index in [1.165, 1.54) is 18.2 Å². The van der Waals surface area contributed by atoms with E-state index in [1.807, 2.05) is 30.3 Å². The molecule has 0 spiro atoms. The van der Waals surface area contributed by atoms with Crippen molar-refractivity contribution in [1.29, 1.82) is 0 Å². The van der Waals surface area contributed by atoms with Gasteiger partial charge in [0.15, 0.2) is 0 Å². The molecule has 4 rings (SSSR count). The van der Waals surface area contributed by atoms with Gasteiger partial charge in [-0.2, -0.15) is 0 Å². The topological polar surface area (TPSA) is 86.7 Å². The van der Waals surface area contributed by atoms with Gasteiger partial charge in [0.2, 0.25) is 0 Å². The summed E-state index contributed by atoms with van der Waals surface area (Å²) in [4.78, 5) is 35.1. The van der Waals surface area contributed by atoms with Crippen LogP contribution in [0, 0.1) is 0 Å². The number of ether oxygens (including phenoxy) is 1. The second kappa shape index (κ2) is 10.2. The number of nitrogens with zero attached hydrogens (tertiary/aromatic N) is 2. The van der Waals surface area contributed by atoms with E-state index in [2.05, 4.69) is 0 Å². The van der Waals surface area contributed by atoms with Gasteiger partial charge in [0.05, 0.1) is 31.1 Å². The van der Waals surface area contributed by atoms with Gasteiger partial charge in [-0.05, 0) is 30.7 Å². The zero-order valence-corrected chi connectivity index (χ0v) is 17.9. The van der Waals surface area contributed by atoms with Crippen molar-refractivity contribution in [2.24, 2.45) is 0 Å². The van der Waals surface area contributed by atoms with Crippen molar-refractivity contribution >= 4 is 23.5 Å². The highest BCUT2D eigenvalue weighted by Gasteiger charge is 2.38. The van der Waals surface area contributed by atoms with Crippen LogP contribution in [0.4, 0.5) is 19.1 Å². The van der Waals surface area contributed by atoms with E-state index < -0.39 is 28.6 Å². The lowest BCUT2D eigenvalue weighted by Crippen LogP contribution is -2.29. The quantitative estimate of drug-likeness (QED) is 0.403. The minimum absolute atomic E-state index is 0.0911. The number of carbonyl (C=O) groups is 3. The molecule has 3 aromatic carbocycles. The van der Waals surface area contributed by atoms with E-state index in [0.29, 0.717) is 0 Å². The van der Waals surface area contributed by atoms with Crippen LogP contribution in [0.3, 0.4) is 0 Å². The van der Waals surface area contributed by atoms with E-state index in [0.717, 1.165) is 29.5 Å². The van der Waals surface area contributed by atoms with Crippen molar-refractivity contribution in [3.8, 4) is 5.75 Å². The first-order chi connectivity index (χ1) is 16.1. The predicted molar refractivity (Wildman–Crippen MR) is 114 cm³/mol. The van der Waals surface area contributed by atoms with Crippen LogP contribution in [0.25, 0.3) is 0 Å². The minimum Gasteiger partial charge on any atom is -0.550 e. The van der Waals surface area contributed by atoms with Crippen LogP contribution in [0.15, 0.2) is 72.8 Å². The molecule has 1 heterocycles. The van der Waals surface area contributed by atoms with Crippen LogP contribution >= 0.6 is 0 Å². The Balaban J connectivity index is 0.000000751. The summed E-state index contributed by atoms with van der Waals surface area (Å²) in [7, 11) is 0. The first kappa shape index (κ1) is 24.5. The molecule has 1 aliphatic rings. The maximum absolute atomic E-state index is 13.2. The molecule has 10 heteroatoms. The number of rotatable bonds is 6. The third-order valence-electron chi connectivity index (χ3n) is 4.78. The summed E-state index contributed by atoms with van der Waals surface area (Å²) in [5.74, 6) is -2.00. The van der Waals surface area contributed by atoms with E-state index in [-0.39, 0.29) is 35.6 Å². The lowest BCUT2D eigenvalue weighted by atomic mass is 10.1. The van der Waals surface area contributed by atoms with Gasteiger partial charge in [-0.3, -0.25) is 14.5 Å². The molecule has 0 saturated carbocycles. The number of imide groups is 1. The zero-order valence-electron chi connectivity index (χ0n) is 17.9. The normalized spacial score (nSPS) is 12.6. The Morgan fingerprint density at radius 1 is 0.912 bits per heavy atom.